The van der Waals surface area contributed by atoms with Crippen LogP contribution in [0.5, 0.6) is 5.75 Å². The van der Waals surface area contributed by atoms with Crippen molar-refractivity contribution in [3.8, 4) is 5.75 Å². The summed E-state index contributed by atoms with van der Waals surface area (Å²) in [6, 6.07) is 7.96. The molecule has 0 fully saturated rings. The van der Waals surface area contributed by atoms with Crippen LogP contribution < -0.4 is 10.1 Å². The van der Waals surface area contributed by atoms with Crippen molar-refractivity contribution in [3.05, 3.63) is 29.8 Å². The number of carbonyl (C=O) groups is 1. The fraction of sp³-hybridized carbons (Fsp3) is 0.417. The number of halogens is 1. The van der Waals surface area contributed by atoms with Crippen LogP contribution in [-0.4, -0.2) is 17.8 Å². The van der Waals surface area contributed by atoms with E-state index in [0.29, 0.717) is 5.33 Å². The molecule has 1 aromatic rings. The van der Waals surface area contributed by atoms with Crippen molar-refractivity contribution in [2.75, 3.05) is 11.9 Å². The lowest BCUT2D eigenvalue weighted by molar-refractivity contribution is -0.119. The lowest BCUT2D eigenvalue weighted by Crippen LogP contribution is -2.29. The maximum atomic E-state index is 11.4. The number of alkyl halides is 1. The van der Waals surface area contributed by atoms with Crippen molar-refractivity contribution in [1.29, 1.82) is 0 Å². The lowest BCUT2D eigenvalue weighted by atomic mass is 10.0. The summed E-state index contributed by atoms with van der Waals surface area (Å²) in [4.78, 5) is 11.4. The van der Waals surface area contributed by atoms with E-state index in [9.17, 15) is 4.79 Å². The monoisotopic (exact) mass is 283 g/mol. The predicted octanol–water partition coefficient (Wildman–Crippen LogP) is 2.41. The molecule has 0 radical (unpaired) electrons. The second-order valence-electron chi connectivity index (χ2n) is 3.78. The number of nitrogens with one attached hydrogen (secondary N) is 1. The number of hydrogen-bond donors (Lipinski definition) is 1. The van der Waals surface area contributed by atoms with Crippen LogP contribution in [0.1, 0.15) is 24.4 Å². The number of fused-ring (bicyclic) bond motifs is 1. The molecule has 1 aliphatic heterocycles. The van der Waals surface area contributed by atoms with E-state index in [1.165, 1.54) is 0 Å². The number of rotatable bonds is 2. The molecule has 1 N–H and O–H groups in total. The van der Waals surface area contributed by atoms with Gasteiger partial charge in [-0.25, -0.2) is 0 Å². The van der Waals surface area contributed by atoms with Gasteiger partial charge in [0.15, 0.2) is 0 Å². The van der Waals surface area contributed by atoms with Crippen molar-refractivity contribution in [1.82, 2.24) is 5.32 Å². The smallest absolute Gasteiger partial charge is 0.231 e. The number of ether oxygens (including phenoxy) is 1. The summed E-state index contributed by atoms with van der Waals surface area (Å²) < 4.78 is 5.63. The molecule has 0 saturated carbocycles. The van der Waals surface area contributed by atoms with E-state index in [4.69, 9.17) is 4.74 Å². The third kappa shape index (κ3) is 2.55. The first-order chi connectivity index (χ1) is 7.81. The molecular formula is C12H14BrNO2. The van der Waals surface area contributed by atoms with Crippen molar-refractivity contribution in [3.63, 3.8) is 0 Å². The summed E-state index contributed by atoms with van der Waals surface area (Å²) in [7, 11) is 0. The Bertz CT molecular complexity index is 381. The van der Waals surface area contributed by atoms with Crippen LogP contribution in [0.2, 0.25) is 0 Å². The van der Waals surface area contributed by atoms with Gasteiger partial charge in [0, 0.05) is 5.56 Å². The maximum Gasteiger partial charge on any atom is 0.231 e. The molecule has 1 amide bonds. The van der Waals surface area contributed by atoms with Gasteiger partial charge in [0.2, 0.25) is 5.91 Å². The van der Waals surface area contributed by atoms with E-state index in [1.54, 1.807) is 0 Å². The molecule has 1 unspecified atom stereocenters. The number of hydrogen-bond acceptors (Lipinski definition) is 2. The van der Waals surface area contributed by atoms with E-state index >= 15 is 0 Å². The van der Waals surface area contributed by atoms with Gasteiger partial charge in [0.05, 0.1) is 18.0 Å². The minimum absolute atomic E-state index is 0.0155. The van der Waals surface area contributed by atoms with Crippen molar-refractivity contribution in [2.45, 2.75) is 18.9 Å². The largest absolute Gasteiger partial charge is 0.493 e. The molecule has 0 aromatic heterocycles. The topological polar surface area (TPSA) is 38.3 Å². The number of para-hydroxylation sites is 1. The summed E-state index contributed by atoms with van der Waals surface area (Å²) in [5, 5.41) is 3.34. The van der Waals surface area contributed by atoms with E-state index in [1.807, 2.05) is 24.3 Å². The molecule has 0 saturated heterocycles. The summed E-state index contributed by atoms with van der Waals surface area (Å²) >= 11 is 3.16. The quantitative estimate of drug-likeness (QED) is 0.847. The molecular weight excluding hydrogens is 270 g/mol. The number of benzene rings is 1. The summed E-state index contributed by atoms with van der Waals surface area (Å²) in [6.07, 6.45) is 1.89. The molecule has 1 heterocycles. The molecule has 1 aromatic carbocycles. The molecule has 1 atom stereocenters. The zero-order valence-corrected chi connectivity index (χ0v) is 10.5. The highest BCUT2D eigenvalue weighted by molar-refractivity contribution is 9.09. The molecule has 0 aliphatic carbocycles. The Labute approximate surface area is 103 Å². The molecule has 16 heavy (non-hydrogen) atoms. The Morgan fingerprint density at radius 1 is 1.50 bits per heavy atom. The third-order valence-corrected chi connectivity index (χ3v) is 3.16. The second-order valence-corrected chi connectivity index (χ2v) is 4.34. The zero-order valence-electron chi connectivity index (χ0n) is 8.91. The maximum absolute atomic E-state index is 11.4. The fourth-order valence-corrected chi connectivity index (χ4v) is 2.07. The average Bonchev–Trinajstić information content (AvgIpc) is 2.52. The second kappa shape index (κ2) is 5.34. The first-order valence-corrected chi connectivity index (χ1v) is 6.50. The Kier molecular flexibility index (Phi) is 3.83. The molecule has 0 bridgehead atoms. The minimum Gasteiger partial charge on any atom is -0.493 e. The molecule has 0 spiro atoms. The van der Waals surface area contributed by atoms with Gasteiger partial charge >= 0.3 is 0 Å². The highest BCUT2D eigenvalue weighted by atomic mass is 79.9. The average molecular weight is 284 g/mol. The first kappa shape index (κ1) is 11.5. The Hall–Kier alpha value is -1.03. The first-order valence-electron chi connectivity index (χ1n) is 5.38. The van der Waals surface area contributed by atoms with Crippen LogP contribution in [-0.2, 0) is 4.79 Å². The lowest BCUT2D eigenvalue weighted by Gasteiger charge is -2.17. The van der Waals surface area contributed by atoms with Crippen molar-refractivity contribution >= 4 is 21.8 Å². The van der Waals surface area contributed by atoms with Gasteiger partial charge in [0.1, 0.15) is 5.75 Å². The van der Waals surface area contributed by atoms with Gasteiger partial charge in [0.25, 0.3) is 0 Å². The third-order valence-electron chi connectivity index (χ3n) is 2.65. The van der Waals surface area contributed by atoms with E-state index < -0.39 is 0 Å². The van der Waals surface area contributed by atoms with E-state index in [-0.39, 0.29) is 11.9 Å². The minimum atomic E-state index is 0.0155. The van der Waals surface area contributed by atoms with Gasteiger partial charge < -0.3 is 10.1 Å². The Morgan fingerprint density at radius 2 is 2.31 bits per heavy atom. The standard InChI is InChI=1S/C12H14BrNO2/c13-8-12(15)14-10-5-3-7-16-11-6-2-1-4-9(10)11/h1-2,4,6,10H,3,5,7-8H2,(H,14,15). The van der Waals surface area contributed by atoms with Crippen LogP contribution in [0.4, 0.5) is 0 Å². The van der Waals surface area contributed by atoms with Gasteiger partial charge in [-0.2, -0.15) is 0 Å². The molecule has 4 heteroatoms. The van der Waals surface area contributed by atoms with Gasteiger partial charge in [-0.1, -0.05) is 34.1 Å². The molecule has 3 nitrogen and oxygen atoms in total. The van der Waals surface area contributed by atoms with Crippen molar-refractivity contribution in [2.24, 2.45) is 0 Å². The Balaban J connectivity index is 2.22. The van der Waals surface area contributed by atoms with Crippen LogP contribution in [0.15, 0.2) is 24.3 Å². The van der Waals surface area contributed by atoms with Gasteiger partial charge in [-0.15, -0.1) is 0 Å². The fourth-order valence-electron chi connectivity index (χ4n) is 1.91. The normalized spacial score (nSPS) is 19.2. The van der Waals surface area contributed by atoms with Crippen LogP contribution >= 0.6 is 15.9 Å². The van der Waals surface area contributed by atoms with Crippen molar-refractivity contribution < 1.29 is 9.53 Å². The summed E-state index contributed by atoms with van der Waals surface area (Å²) in [6.45, 7) is 0.720. The molecule has 2 rings (SSSR count). The SMILES string of the molecule is O=C(CBr)NC1CCCOc2ccccc21. The number of carbonyl (C=O) groups excluding carboxylic acids is 1. The molecule has 86 valence electrons. The highest BCUT2D eigenvalue weighted by Crippen LogP contribution is 2.30. The summed E-state index contributed by atoms with van der Waals surface area (Å²) in [5.41, 5.74) is 1.08. The van der Waals surface area contributed by atoms with E-state index in [0.717, 1.165) is 30.8 Å². The molecule has 1 aliphatic rings. The summed E-state index contributed by atoms with van der Waals surface area (Å²) in [5.74, 6) is 0.904. The number of amides is 1. The predicted molar refractivity (Wildman–Crippen MR) is 65.8 cm³/mol. The van der Waals surface area contributed by atoms with Gasteiger partial charge in [-0.05, 0) is 18.9 Å². The van der Waals surface area contributed by atoms with Crippen LogP contribution in [0.3, 0.4) is 0 Å². The highest BCUT2D eigenvalue weighted by Gasteiger charge is 2.20. The van der Waals surface area contributed by atoms with Gasteiger partial charge in [-0.3, -0.25) is 4.79 Å². The van der Waals surface area contributed by atoms with E-state index in [2.05, 4.69) is 21.2 Å². The van der Waals surface area contributed by atoms with Crippen LogP contribution in [0.25, 0.3) is 0 Å². The zero-order chi connectivity index (χ0) is 11.4. The van der Waals surface area contributed by atoms with Crippen LogP contribution in [0, 0.1) is 0 Å². The Morgan fingerprint density at radius 3 is 3.12 bits per heavy atom.